The molecular formula is C13H14F3N5O. The molecule has 2 heterocycles. The van der Waals surface area contributed by atoms with Crippen molar-refractivity contribution in [3.8, 4) is 5.88 Å². The molecule has 2 aromatic rings. The first kappa shape index (κ1) is 15.8. The van der Waals surface area contributed by atoms with E-state index in [1.807, 2.05) is 0 Å². The second-order valence-electron chi connectivity index (χ2n) is 4.37. The van der Waals surface area contributed by atoms with Crippen molar-refractivity contribution in [1.29, 1.82) is 0 Å². The molecule has 2 rings (SSSR count). The molecule has 0 radical (unpaired) electrons. The maximum atomic E-state index is 12.8. The Morgan fingerprint density at radius 2 is 1.91 bits per heavy atom. The molecule has 0 unspecified atom stereocenters. The Morgan fingerprint density at radius 3 is 2.50 bits per heavy atom. The van der Waals surface area contributed by atoms with E-state index in [9.17, 15) is 13.2 Å². The van der Waals surface area contributed by atoms with Gasteiger partial charge >= 0.3 is 6.18 Å². The number of nitrogens with one attached hydrogen (secondary N) is 2. The second-order valence-corrected chi connectivity index (χ2v) is 4.37. The smallest absolute Gasteiger partial charge is 0.421 e. The lowest BCUT2D eigenvalue weighted by atomic mass is 10.2. The summed E-state index contributed by atoms with van der Waals surface area (Å²) in [4.78, 5) is 11.6. The molecule has 0 bridgehead atoms. The van der Waals surface area contributed by atoms with Crippen molar-refractivity contribution in [3.05, 3.63) is 29.6 Å². The lowest BCUT2D eigenvalue weighted by molar-refractivity contribution is -0.137. The highest BCUT2D eigenvalue weighted by Crippen LogP contribution is 2.34. The van der Waals surface area contributed by atoms with Gasteiger partial charge in [-0.2, -0.15) is 18.2 Å². The molecule has 0 spiro atoms. The monoisotopic (exact) mass is 313 g/mol. The number of rotatable bonds is 4. The van der Waals surface area contributed by atoms with Crippen LogP contribution in [0.2, 0.25) is 0 Å². The molecule has 0 saturated heterocycles. The van der Waals surface area contributed by atoms with Gasteiger partial charge in [0, 0.05) is 25.5 Å². The number of aryl methyl sites for hydroxylation is 1. The highest BCUT2D eigenvalue weighted by atomic mass is 19.4. The number of nitrogens with zero attached hydrogens (tertiary/aromatic N) is 3. The third-order valence-corrected chi connectivity index (χ3v) is 2.86. The van der Waals surface area contributed by atoms with Gasteiger partial charge in [-0.3, -0.25) is 0 Å². The molecule has 2 aromatic heterocycles. The van der Waals surface area contributed by atoms with E-state index in [4.69, 9.17) is 4.74 Å². The standard InChI is InChI=1S/C13H14F3N5O/c1-7-5-18-10(22-3)4-9(7)20-12-19-6-8(13(14,15)16)11(17-2)21-12/h4-6H,1-3H3,(H2,17,18,19,20,21). The number of hydrogen-bond donors (Lipinski definition) is 2. The summed E-state index contributed by atoms with van der Waals surface area (Å²) >= 11 is 0. The van der Waals surface area contributed by atoms with E-state index in [1.165, 1.54) is 14.2 Å². The molecule has 0 saturated carbocycles. The summed E-state index contributed by atoms with van der Waals surface area (Å²) in [6.07, 6.45) is -2.22. The molecule has 0 aliphatic heterocycles. The van der Waals surface area contributed by atoms with Gasteiger partial charge in [-0.05, 0) is 12.5 Å². The van der Waals surface area contributed by atoms with Gasteiger partial charge in [0.1, 0.15) is 11.4 Å². The lowest BCUT2D eigenvalue weighted by Crippen LogP contribution is -2.12. The van der Waals surface area contributed by atoms with Gasteiger partial charge in [0.15, 0.2) is 0 Å². The van der Waals surface area contributed by atoms with Crippen molar-refractivity contribution in [2.24, 2.45) is 0 Å². The SMILES string of the molecule is CNc1nc(Nc2cc(OC)ncc2C)ncc1C(F)(F)F. The Labute approximate surface area is 124 Å². The number of pyridine rings is 1. The van der Waals surface area contributed by atoms with Crippen LogP contribution in [0, 0.1) is 6.92 Å². The molecule has 22 heavy (non-hydrogen) atoms. The van der Waals surface area contributed by atoms with Crippen molar-refractivity contribution < 1.29 is 17.9 Å². The third-order valence-electron chi connectivity index (χ3n) is 2.86. The Hall–Kier alpha value is -2.58. The van der Waals surface area contributed by atoms with E-state index in [-0.39, 0.29) is 11.8 Å². The molecule has 0 aliphatic rings. The zero-order chi connectivity index (χ0) is 16.3. The minimum Gasteiger partial charge on any atom is -0.481 e. The Balaban J connectivity index is 2.35. The van der Waals surface area contributed by atoms with Gasteiger partial charge < -0.3 is 15.4 Å². The minimum absolute atomic E-state index is 0.0358. The van der Waals surface area contributed by atoms with Crippen LogP contribution in [0.5, 0.6) is 5.88 Å². The first-order chi connectivity index (χ1) is 10.3. The van der Waals surface area contributed by atoms with Gasteiger partial charge in [-0.1, -0.05) is 0 Å². The predicted octanol–water partition coefficient (Wildman–Crippen LogP) is 2.99. The maximum Gasteiger partial charge on any atom is 0.421 e. The molecule has 0 amide bonds. The average molecular weight is 313 g/mol. The van der Waals surface area contributed by atoms with Crippen LogP contribution in [0.1, 0.15) is 11.1 Å². The summed E-state index contributed by atoms with van der Waals surface area (Å²) in [7, 11) is 2.83. The van der Waals surface area contributed by atoms with E-state index in [0.717, 1.165) is 11.8 Å². The normalized spacial score (nSPS) is 11.2. The predicted molar refractivity (Wildman–Crippen MR) is 75.4 cm³/mol. The molecule has 0 aromatic carbocycles. The molecule has 118 valence electrons. The Bertz CT molecular complexity index is 675. The van der Waals surface area contributed by atoms with Crippen molar-refractivity contribution in [2.75, 3.05) is 24.8 Å². The third kappa shape index (κ3) is 3.35. The summed E-state index contributed by atoms with van der Waals surface area (Å²) < 4.78 is 43.4. The van der Waals surface area contributed by atoms with E-state index in [0.29, 0.717) is 11.6 Å². The van der Waals surface area contributed by atoms with E-state index in [1.54, 1.807) is 19.2 Å². The van der Waals surface area contributed by atoms with Crippen LogP contribution < -0.4 is 15.4 Å². The highest BCUT2D eigenvalue weighted by Gasteiger charge is 2.35. The van der Waals surface area contributed by atoms with Crippen LogP contribution >= 0.6 is 0 Å². The second kappa shape index (κ2) is 6.04. The van der Waals surface area contributed by atoms with Crippen LogP contribution in [0.25, 0.3) is 0 Å². The van der Waals surface area contributed by atoms with Gasteiger partial charge in [0.25, 0.3) is 0 Å². The number of halogens is 3. The first-order valence-electron chi connectivity index (χ1n) is 6.24. The van der Waals surface area contributed by atoms with Crippen molar-refractivity contribution in [3.63, 3.8) is 0 Å². The lowest BCUT2D eigenvalue weighted by Gasteiger charge is -2.13. The van der Waals surface area contributed by atoms with Gasteiger partial charge in [0.2, 0.25) is 11.8 Å². The Morgan fingerprint density at radius 1 is 1.18 bits per heavy atom. The fourth-order valence-corrected chi connectivity index (χ4v) is 1.71. The van der Waals surface area contributed by atoms with E-state index < -0.39 is 11.7 Å². The van der Waals surface area contributed by atoms with Crippen molar-refractivity contribution in [1.82, 2.24) is 15.0 Å². The quantitative estimate of drug-likeness (QED) is 0.904. The van der Waals surface area contributed by atoms with Crippen LogP contribution in [0.3, 0.4) is 0 Å². The summed E-state index contributed by atoms with van der Waals surface area (Å²) in [5.74, 6) is 0.103. The number of hydrogen-bond acceptors (Lipinski definition) is 6. The molecule has 0 fully saturated rings. The summed E-state index contributed by atoms with van der Waals surface area (Å²) in [5.41, 5.74) is 0.438. The van der Waals surface area contributed by atoms with E-state index in [2.05, 4.69) is 25.6 Å². The molecule has 0 aliphatic carbocycles. The zero-order valence-corrected chi connectivity index (χ0v) is 12.1. The first-order valence-corrected chi connectivity index (χ1v) is 6.24. The maximum absolute atomic E-state index is 12.8. The minimum atomic E-state index is -4.52. The van der Waals surface area contributed by atoms with Gasteiger partial charge in [-0.15, -0.1) is 0 Å². The molecule has 0 atom stereocenters. The molecule has 9 heteroatoms. The number of alkyl halides is 3. The fraction of sp³-hybridized carbons (Fsp3) is 0.308. The average Bonchev–Trinajstić information content (AvgIpc) is 2.48. The van der Waals surface area contributed by atoms with Crippen LogP contribution in [-0.4, -0.2) is 29.1 Å². The number of methoxy groups -OCH3 is 1. The number of anilines is 3. The van der Waals surface area contributed by atoms with Crippen LogP contribution in [0.15, 0.2) is 18.5 Å². The number of ether oxygens (including phenoxy) is 1. The summed E-state index contributed by atoms with van der Waals surface area (Å²) in [5, 5.41) is 5.27. The molecular weight excluding hydrogens is 299 g/mol. The van der Waals surface area contributed by atoms with Crippen molar-refractivity contribution >= 4 is 17.5 Å². The fourth-order valence-electron chi connectivity index (χ4n) is 1.71. The molecule has 2 N–H and O–H groups in total. The van der Waals surface area contributed by atoms with Gasteiger partial charge in [0.05, 0.1) is 12.8 Å². The summed E-state index contributed by atoms with van der Waals surface area (Å²) in [6, 6.07) is 1.61. The van der Waals surface area contributed by atoms with Crippen LogP contribution in [-0.2, 0) is 6.18 Å². The van der Waals surface area contributed by atoms with Crippen LogP contribution in [0.4, 0.5) is 30.6 Å². The number of aromatic nitrogens is 3. The van der Waals surface area contributed by atoms with Gasteiger partial charge in [-0.25, -0.2) is 9.97 Å². The Kier molecular flexibility index (Phi) is 4.34. The topological polar surface area (TPSA) is 72.0 Å². The largest absolute Gasteiger partial charge is 0.481 e. The van der Waals surface area contributed by atoms with Crippen molar-refractivity contribution in [2.45, 2.75) is 13.1 Å². The van der Waals surface area contributed by atoms with E-state index >= 15 is 0 Å². The molecule has 6 nitrogen and oxygen atoms in total. The highest BCUT2D eigenvalue weighted by molar-refractivity contribution is 5.60. The summed E-state index contributed by atoms with van der Waals surface area (Å²) in [6.45, 7) is 1.79. The zero-order valence-electron chi connectivity index (χ0n) is 12.1.